The van der Waals surface area contributed by atoms with Crippen LogP contribution in [0.5, 0.6) is 0 Å². The van der Waals surface area contributed by atoms with E-state index in [0.29, 0.717) is 0 Å². The summed E-state index contributed by atoms with van der Waals surface area (Å²) in [6.45, 7) is 26.7. The zero-order valence-corrected chi connectivity index (χ0v) is 29.4. The first-order valence-corrected chi connectivity index (χ1v) is 21.3. The Balaban J connectivity index is 2.73. The third kappa shape index (κ3) is 7.43. The lowest BCUT2D eigenvalue weighted by Crippen LogP contribution is -2.57. The largest absolute Gasteiger partial charge is 0.408 e. The maximum atomic E-state index is 16.5. The first kappa shape index (κ1) is 35.4. The topological polar surface area (TPSA) is 81.7 Å². The van der Waals surface area contributed by atoms with Crippen molar-refractivity contribution in [1.82, 2.24) is 0 Å². The molecule has 0 saturated carbocycles. The van der Waals surface area contributed by atoms with Gasteiger partial charge in [0.2, 0.25) is 0 Å². The van der Waals surface area contributed by atoms with Gasteiger partial charge in [0, 0.05) is 0 Å². The molecule has 0 radical (unpaired) electrons. The van der Waals surface area contributed by atoms with Crippen LogP contribution in [-0.4, -0.2) is 78.4 Å². The molecule has 0 unspecified atom stereocenters. The molecule has 0 aliphatic carbocycles. The van der Waals surface area contributed by atoms with Crippen LogP contribution in [0.4, 0.5) is 8.78 Å². The van der Waals surface area contributed by atoms with E-state index in [4.69, 9.17) is 32.1 Å². The number of halogens is 2. The van der Waals surface area contributed by atoms with Crippen molar-refractivity contribution in [2.24, 2.45) is 0 Å². The van der Waals surface area contributed by atoms with Gasteiger partial charge in [0.1, 0.15) is 24.4 Å². The third-order valence-electron chi connectivity index (χ3n) is 8.43. The Morgan fingerprint density at radius 3 is 1.67 bits per heavy atom. The molecule has 0 N–H and O–H groups in total. The number of ether oxygens (including phenoxy) is 3. The Morgan fingerprint density at radius 1 is 0.872 bits per heavy atom. The van der Waals surface area contributed by atoms with Gasteiger partial charge in [-0.3, -0.25) is 4.57 Å². The fourth-order valence-electron chi connectivity index (χ4n) is 4.14. The minimum Gasteiger partial charge on any atom is -0.408 e. The van der Waals surface area contributed by atoms with Gasteiger partial charge in [0.05, 0.1) is 19.8 Å². The lowest BCUT2D eigenvalue weighted by molar-refractivity contribution is -0.171. The second-order valence-corrected chi connectivity index (χ2v) is 25.6. The van der Waals surface area contributed by atoms with Crippen LogP contribution in [-0.2, 0) is 36.7 Å². The summed E-state index contributed by atoms with van der Waals surface area (Å²) in [7, 11) is -10.2. The van der Waals surface area contributed by atoms with Gasteiger partial charge < -0.3 is 32.1 Å². The molecule has 0 amide bonds. The maximum Gasteiger partial charge on any atom is 0.402 e. The quantitative estimate of drug-likeness (QED) is 0.174. The minimum atomic E-state index is -4.95. The third-order valence-corrected chi connectivity index (χ3v) is 19.6. The van der Waals surface area contributed by atoms with Crippen LogP contribution in [0, 0.1) is 0 Å². The van der Waals surface area contributed by atoms with Gasteiger partial charge in [0.25, 0.3) is 0 Å². The number of hydrogen-bond donors (Lipinski definition) is 0. The van der Waals surface area contributed by atoms with Crippen LogP contribution in [0.15, 0.2) is 0 Å². The van der Waals surface area contributed by atoms with Crippen molar-refractivity contribution in [3.05, 3.63) is 0 Å². The minimum absolute atomic E-state index is 0.134. The van der Waals surface area contributed by atoms with Gasteiger partial charge in [-0.1, -0.05) is 41.5 Å². The monoisotopic (exact) mass is 618 g/mol. The van der Waals surface area contributed by atoms with E-state index in [0.717, 1.165) is 0 Å². The molecule has 0 aromatic heterocycles. The summed E-state index contributed by atoms with van der Waals surface area (Å²) < 4.78 is 88.6. The first-order valence-electron chi connectivity index (χ1n) is 14.0. The van der Waals surface area contributed by atoms with Crippen molar-refractivity contribution in [2.75, 3.05) is 19.8 Å². The van der Waals surface area contributed by atoms with E-state index in [-0.39, 0.29) is 29.9 Å². The van der Waals surface area contributed by atoms with Gasteiger partial charge in [-0.15, -0.1) is 0 Å². The standard InChI is InChI=1S/C26H53F2O8PSi2/c1-15-31-37(29,32-16-2)26(27,28)22-21(36-39(13,14)24(6,7)8)20(35-38(11,12)23(3,4)5)19(33-22)18-17-30-25(9,10)34-18/h18-22H,15-17H2,1-14H3/t18-,19+,20+,21-,22-/m1/s1. The highest BCUT2D eigenvalue weighted by molar-refractivity contribution is 7.55. The molecule has 0 bridgehead atoms. The number of rotatable bonds is 11. The molecule has 39 heavy (non-hydrogen) atoms. The van der Waals surface area contributed by atoms with Gasteiger partial charge in [0.15, 0.2) is 28.5 Å². The summed E-state index contributed by atoms with van der Waals surface area (Å²) in [4.78, 5) is 0. The molecule has 13 heteroatoms. The van der Waals surface area contributed by atoms with Crippen molar-refractivity contribution in [3.63, 3.8) is 0 Å². The van der Waals surface area contributed by atoms with E-state index in [9.17, 15) is 4.57 Å². The molecule has 2 aliphatic heterocycles. The van der Waals surface area contributed by atoms with Crippen molar-refractivity contribution in [2.45, 2.75) is 147 Å². The fraction of sp³-hybridized carbons (Fsp3) is 1.00. The average Bonchev–Trinajstić information content (AvgIpc) is 3.26. The van der Waals surface area contributed by atoms with Crippen LogP contribution in [0.25, 0.3) is 0 Å². The van der Waals surface area contributed by atoms with Gasteiger partial charge >= 0.3 is 13.3 Å². The Morgan fingerprint density at radius 2 is 1.31 bits per heavy atom. The summed E-state index contributed by atoms with van der Waals surface area (Å²) in [5.74, 6) is -0.919. The molecule has 2 saturated heterocycles. The van der Waals surface area contributed by atoms with Crippen LogP contribution < -0.4 is 0 Å². The lowest BCUT2D eigenvalue weighted by Gasteiger charge is -2.45. The zero-order valence-electron chi connectivity index (χ0n) is 26.5. The molecule has 2 aliphatic rings. The van der Waals surface area contributed by atoms with Crippen LogP contribution in [0.3, 0.4) is 0 Å². The smallest absolute Gasteiger partial charge is 0.402 e. The molecule has 232 valence electrons. The molecular formula is C26H53F2O8PSi2. The van der Waals surface area contributed by atoms with Crippen LogP contribution in [0.1, 0.15) is 69.2 Å². The predicted molar refractivity (Wildman–Crippen MR) is 154 cm³/mol. The lowest BCUT2D eigenvalue weighted by atomic mass is 10.0. The molecule has 2 fully saturated rings. The Hall–Kier alpha value is 0.244. The summed E-state index contributed by atoms with van der Waals surface area (Å²) in [5.41, 5.74) is -4.02. The molecule has 2 rings (SSSR count). The van der Waals surface area contributed by atoms with Crippen molar-refractivity contribution in [1.29, 1.82) is 0 Å². The molecule has 2 heterocycles. The van der Waals surface area contributed by atoms with Crippen molar-refractivity contribution < 1.29 is 45.5 Å². The predicted octanol–water partition coefficient (Wildman–Crippen LogP) is 7.55. The summed E-state index contributed by atoms with van der Waals surface area (Å²) in [5, 5.41) is -0.525. The highest BCUT2D eigenvalue weighted by Crippen LogP contribution is 2.66. The molecule has 5 atom stereocenters. The maximum absolute atomic E-state index is 16.5. The molecule has 0 spiro atoms. The average molecular weight is 619 g/mol. The normalized spacial score (nSPS) is 29.3. The highest BCUT2D eigenvalue weighted by Gasteiger charge is 2.69. The van der Waals surface area contributed by atoms with E-state index in [1.807, 2.05) is 33.9 Å². The second-order valence-electron chi connectivity index (χ2n) is 14.0. The van der Waals surface area contributed by atoms with Crippen LogP contribution in [0.2, 0.25) is 36.3 Å². The fourth-order valence-corrected chi connectivity index (χ4v) is 8.35. The van der Waals surface area contributed by atoms with Gasteiger partial charge in [-0.2, -0.15) is 8.78 Å². The first-order chi connectivity index (χ1) is 17.4. The summed E-state index contributed by atoms with van der Waals surface area (Å²) in [6, 6.07) is 0. The van der Waals surface area contributed by atoms with E-state index in [1.54, 1.807) is 13.8 Å². The van der Waals surface area contributed by atoms with E-state index < -0.39 is 66.2 Å². The summed E-state index contributed by atoms with van der Waals surface area (Å²) >= 11 is 0. The van der Waals surface area contributed by atoms with Gasteiger partial charge in [-0.25, -0.2) is 0 Å². The SMILES string of the molecule is CCOP(=O)(OCC)C(F)(F)[C@@H]1O[C@@H]([C@H]2COC(C)(C)O2)[C@H](O[Si](C)(C)C(C)(C)C)[C@H]1O[Si](C)(C)C(C)(C)C. The number of hydrogen-bond acceptors (Lipinski definition) is 8. The van der Waals surface area contributed by atoms with E-state index >= 15 is 8.78 Å². The Kier molecular flexibility index (Phi) is 10.7. The van der Waals surface area contributed by atoms with E-state index in [1.165, 1.54) is 13.8 Å². The second kappa shape index (κ2) is 11.7. The van der Waals surface area contributed by atoms with Crippen LogP contribution >= 0.6 is 7.60 Å². The molecule has 8 nitrogen and oxygen atoms in total. The zero-order chi connectivity index (χ0) is 30.5. The Bertz CT molecular complexity index is 878. The van der Waals surface area contributed by atoms with Crippen molar-refractivity contribution in [3.8, 4) is 0 Å². The van der Waals surface area contributed by atoms with Crippen molar-refractivity contribution >= 4 is 24.2 Å². The number of alkyl halides is 2. The molecule has 0 aromatic carbocycles. The Labute approximate surface area is 236 Å². The molecular weight excluding hydrogens is 565 g/mol. The molecule has 0 aromatic rings. The van der Waals surface area contributed by atoms with Gasteiger partial charge in [-0.05, 0) is 64.0 Å². The summed E-state index contributed by atoms with van der Waals surface area (Å²) in [6.07, 6.45) is -5.78. The van der Waals surface area contributed by atoms with E-state index in [2.05, 4.69) is 33.9 Å². The highest BCUT2D eigenvalue weighted by atomic mass is 31.2.